The van der Waals surface area contributed by atoms with E-state index in [0.29, 0.717) is 6.10 Å². The molecule has 2 heterocycles. The lowest BCUT2D eigenvalue weighted by molar-refractivity contribution is -0.118. The normalized spacial score (nSPS) is 25.9. The lowest BCUT2D eigenvalue weighted by Gasteiger charge is -2.26. The van der Waals surface area contributed by atoms with Gasteiger partial charge in [-0.2, -0.15) is 0 Å². The number of carbonyl (C=O) groups excluding carboxylic acids is 1. The summed E-state index contributed by atoms with van der Waals surface area (Å²) in [5.74, 6) is 0.625. The number of likely N-dealkylation sites (N-methyl/N-ethyl adjacent to an activating group) is 1. The van der Waals surface area contributed by atoms with Gasteiger partial charge in [0.25, 0.3) is 5.91 Å². The predicted molar refractivity (Wildman–Crippen MR) is 80.6 cm³/mol. The van der Waals surface area contributed by atoms with E-state index in [2.05, 4.69) is 30.5 Å². The SMILES string of the molecule is CCNC(c1ccc2c(c1)NC(=O)CO2)C1CCC(C)O1. The first-order valence-corrected chi connectivity index (χ1v) is 7.63. The summed E-state index contributed by atoms with van der Waals surface area (Å²) >= 11 is 0. The minimum Gasteiger partial charge on any atom is -0.482 e. The van der Waals surface area contributed by atoms with E-state index in [9.17, 15) is 4.79 Å². The van der Waals surface area contributed by atoms with Gasteiger partial charge < -0.3 is 20.1 Å². The lowest BCUT2D eigenvalue weighted by Crippen LogP contribution is -2.32. The molecule has 3 rings (SSSR count). The summed E-state index contributed by atoms with van der Waals surface area (Å²) in [5.41, 5.74) is 1.87. The third-order valence-corrected chi connectivity index (χ3v) is 4.06. The van der Waals surface area contributed by atoms with E-state index in [1.165, 1.54) is 0 Å². The van der Waals surface area contributed by atoms with Crippen LogP contribution in [-0.4, -0.2) is 31.3 Å². The number of anilines is 1. The van der Waals surface area contributed by atoms with Gasteiger partial charge in [-0.25, -0.2) is 0 Å². The smallest absolute Gasteiger partial charge is 0.262 e. The Morgan fingerprint density at radius 3 is 3.00 bits per heavy atom. The molecule has 1 aromatic carbocycles. The first-order valence-electron chi connectivity index (χ1n) is 7.63. The summed E-state index contributed by atoms with van der Waals surface area (Å²) in [6.07, 6.45) is 2.64. The summed E-state index contributed by atoms with van der Waals surface area (Å²) in [4.78, 5) is 11.5. The second-order valence-electron chi connectivity index (χ2n) is 5.69. The van der Waals surface area contributed by atoms with E-state index in [-0.39, 0.29) is 24.7 Å². The van der Waals surface area contributed by atoms with E-state index in [0.717, 1.165) is 36.4 Å². The van der Waals surface area contributed by atoms with Gasteiger partial charge >= 0.3 is 0 Å². The van der Waals surface area contributed by atoms with E-state index in [1.54, 1.807) is 0 Å². The van der Waals surface area contributed by atoms with Crippen LogP contribution in [0.1, 0.15) is 38.3 Å². The third-order valence-electron chi connectivity index (χ3n) is 4.06. The number of hydrogen-bond acceptors (Lipinski definition) is 4. The number of carbonyl (C=O) groups is 1. The molecular weight excluding hydrogens is 268 g/mol. The molecule has 1 amide bonds. The number of hydrogen-bond donors (Lipinski definition) is 2. The van der Waals surface area contributed by atoms with Crippen LogP contribution in [0.5, 0.6) is 5.75 Å². The van der Waals surface area contributed by atoms with Gasteiger partial charge in [0.2, 0.25) is 0 Å². The first-order chi connectivity index (χ1) is 10.2. The Morgan fingerprint density at radius 1 is 1.43 bits per heavy atom. The molecule has 0 saturated carbocycles. The number of amides is 1. The van der Waals surface area contributed by atoms with Crippen molar-refractivity contribution < 1.29 is 14.3 Å². The zero-order valence-electron chi connectivity index (χ0n) is 12.5. The van der Waals surface area contributed by atoms with Gasteiger partial charge in [-0.05, 0) is 44.0 Å². The molecule has 2 N–H and O–H groups in total. The second kappa shape index (κ2) is 6.03. The zero-order valence-corrected chi connectivity index (χ0v) is 12.5. The van der Waals surface area contributed by atoms with Crippen molar-refractivity contribution in [3.05, 3.63) is 23.8 Å². The molecule has 0 radical (unpaired) electrons. The van der Waals surface area contributed by atoms with Crippen molar-refractivity contribution in [2.45, 2.75) is 44.9 Å². The summed E-state index contributed by atoms with van der Waals surface area (Å²) in [5, 5.41) is 6.36. The maximum atomic E-state index is 11.5. The number of benzene rings is 1. The standard InChI is InChI=1S/C16H22N2O3/c1-3-17-16(14-6-4-10(2)21-14)11-5-7-13-12(8-11)18-15(19)9-20-13/h5,7-8,10,14,16-17H,3-4,6,9H2,1-2H3,(H,18,19). The Balaban J connectivity index is 1.85. The van der Waals surface area contributed by atoms with Gasteiger partial charge in [-0.1, -0.05) is 13.0 Å². The molecule has 21 heavy (non-hydrogen) atoms. The molecule has 1 aromatic rings. The lowest BCUT2D eigenvalue weighted by atomic mass is 9.98. The quantitative estimate of drug-likeness (QED) is 0.893. The van der Waals surface area contributed by atoms with Gasteiger partial charge in [0.1, 0.15) is 5.75 Å². The Bertz CT molecular complexity index is 532. The van der Waals surface area contributed by atoms with Crippen LogP contribution in [0.15, 0.2) is 18.2 Å². The molecule has 0 aromatic heterocycles. The molecule has 1 fully saturated rings. The fourth-order valence-electron chi connectivity index (χ4n) is 3.06. The maximum absolute atomic E-state index is 11.5. The topological polar surface area (TPSA) is 59.6 Å². The molecule has 3 unspecified atom stereocenters. The maximum Gasteiger partial charge on any atom is 0.262 e. The molecule has 0 spiro atoms. The fourth-order valence-corrected chi connectivity index (χ4v) is 3.06. The third kappa shape index (κ3) is 3.04. The van der Waals surface area contributed by atoms with E-state index in [1.807, 2.05) is 12.1 Å². The summed E-state index contributed by atoms with van der Waals surface area (Å²) in [6.45, 7) is 5.17. The Hall–Kier alpha value is -1.59. The molecule has 2 aliphatic rings. The van der Waals surface area contributed by atoms with Crippen LogP contribution < -0.4 is 15.4 Å². The molecule has 1 saturated heterocycles. The Morgan fingerprint density at radius 2 is 2.29 bits per heavy atom. The van der Waals surface area contributed by atoms with Crippen molar-refractivity contribution in [2.24, 2.45) is 0 Å². The van der Waals surface area contributed by atoms with Crippen molar-refractivity contribution in [3.8, 4) is 5.75 Å². The largest absolute Gasteiger partial charge is 0.482 e. The van der Waals surface area contributed by atoms with Gasteiger partial charge in [-0.3, -0.25) is 4.79 Å². The van der Waals surface area contributed by atoms with Crippen molar-refractivity contribution in [1.29, 1.82) is 0 Å². The van der Waals surface area contributed by atoms with E-state index < -0.39 is 0 Å². The zero-order chi connectivity index (χ0) is 14.8. The number of ether oxygens (including phenoxy) is 2. The van der Waals surface area contributed by atoms with Gasteiger partial charge in [-0.15, -0.1) is 0 Å². The highest BCUT2D eigenvalue weighted by molar-refractivity contribution is 5.95. The van der Waals surface area contributed by atoms with Crippen molar-refractivity contribution >= 4 is 11.6 Å². The summed E-state index contributed by atoms with van der Waals surface area (Å²) in [7, 11) is 0. The minimum absolute atomic E-state index is 0.0895. The van der Waals surface area contributed by atoms with E-state index in [4.69, 9.17) is 9.47 Å². The van der Waals surface area contributed by atoms with Crippen LogP contribution in [0.25, 0.3) is 0 Å². The fraction of sp³-hybridized carbons (Fsp3) is 0.562. The number of fused-ring (bicyclic) bond motifs is 1. The van der Waals surface area contributed by atoms with Gasteiger partial charge in [0.05, 0.1) is 23.9 Å². The Labute approximate surface area is 125 Å². The molecule has 3 atom stereocenters. The highest BCUT2D eigenvalue weighted by atomic mass is 16.5. The minimum atomic E-state index is -0.106. The van der Waals surface area contributed by atoms with Crippen molar-refractivity contribution in [1.82, 2.24) is 5.32 Å². The molecule has 0 bridgehead atoms. The highest BCUT2D eigenvalue weighted by Crippen LogP contribution is 2.35. The van der Waals surface area contributed by atoms with Crippen LogP contribution in [0, 0.1) is 0 Å². The second-order valence-corrected chi connectivity index (χ2v) is 5.69. The summed E-state index contributed by atoms with van der Waals surface area (Å²) in [6, 6.07) is 6.11. The molecule has 0 aliphatic carbocycles. The van der Waals surface area contributed by atoms with Crippen molar-refractivity contribution in [3.63, 3.8) is 0 Å². The van der Waals surface area contributed by atoms with Crippen LogP contribution >= 0.6 is 0 Å². The van der Waals surface area contributed by atoms with Gasteiger partial charge in [0, 0.05) is 0 Å². The van der Waals surface area contributed by atoms with Crippen LogP contribution in [-0.2, 0) is 9.53 Å². The molecular formula is C16H22N2O3. The summed E-state index contributed by atoms with van der Waals surface area (Å²) < 4.78 is 11.4. The predicted octanol–water partition coefficient (Wildman–Crippen LogP) is 2.24. The number of nitrogens with one attached hydrogen (secondary N) is 2. The number of rotatable bonds is 4. The molecule has 5 nitrogen and oxygen atoms in total. The van der Waals surface area contributed by atoms with Crippen LogP contribution in [0.2, 0.25) is 0 Å². The monoisotopic (exact) mass is 290 g/mol. The molecule has 114 valence electrons. The first kappa shape index (κ1) is 14.4. The van der Waals surface area contributed by atoms with Crippen LogP contribution in [0.3, 0.4) is 0 Å². The average Bonchev–Trinajstić information content (AvgIpc) is 2.90. The van der Waals surface area contributed by atoms with Gasteiger partial charge in [0.15, 0.2) is 6.61 Å². The molecule has 2 aliphatic heterocycles. The highest BCUT2D eigenvalue weighted by Gasteiger charge is 2.31. The van der Waals surface area contributed by atoms with E-state index >= 15 is 0 Å². The molecule has 5 heteroatoms. The average molecular weight is 290 g/mol. The van der Waals surface area contributed by atoms with Crippen molar-refractivity contribution in [2.75, 3.05) is 18.5 Å². The Kier molecular flexibility index (Phi) is 4.12. The van der Waals surface area contributed by atoms with Crippen LogP contribution in [0.4, 0.5) is 5.69 Å².